The zero-order chi connectivity index (χ0) is 27.4. The summed E-state index contributed by atoms with van der Waals surface area (Å²) in [6, 6.07) is 17.2. The summed E-state index contributed by atoms with van der Waals surface area (Å²) in [6.45, 7) is 2.26. The molecule has 0 radical (unpaired) electrons. The normalized spacial score (nSPS) is 16.4. The molecule has 3 aromatic carbocycles. The van der Waals surface area contributed by atoms with E-state index in [-0.39, 0.29) is 22.7 Å². The fourth-order valence-electron chi connectivity index (χ4n) is 4.32. The van der Waals surface area contributed by atoms with Crippen molar-refractivity contribution in [2.24, 2.45) is 0 Å². The smallest absolute Gasteiger partial charge is 0.337 e. The number of carbonyl (C=O) groups excluding carboxylic acids is 3. The number of aliphatic hydroxyl groups excluding tert-OH is 1. The molecule has 1 saturated heterocycles. The number of methoxy groups -OCH3 is 2. The van der Waals surface area contributed by atoms with E-state index >= 15 is 0 Å². The Hall–Kier alpha value is -4.30. The number of likely N-dealkylation sites (tertiary alicyclic amines) is 1. The number of carbonyl (C=O) groups is 3. The number of hydrogen-bond acceptors (Lipinski definition) is 7. The molecule has 1 N–H and O–H groups in total. The maximum Gasteiger partial charge on any atom is 0.337 e. The van der Waals surface area contributed by atoms with Gasteiger partial charge in [-0.3, -0.25) is 9.59 Å². The van der Waals surface area contributed by atoms with Gasteiger partial charge in [0.25, 0.3) is 11.7 Å². The molecule has 3 aromatic rings. The minimum Gasteiger partial charge on any atom is -0.507 e. The number of hydrogen-bond donors (Lipinski definition) is 1. The monoisotopic (exact) mass is 535 g/mol. The van der Waals surface area contributed by atoms with Crippen molar-refractivity contribution in [3.05, 3.63) is 99.6 Å². The van der Waals surface area contributed by atoms with Crippen molar-refractivity contribution in [1.29, 1.82) is 0 Å². The molecular formula is C29H26ClNO7. The van der Waals surface area contributed by atoms with Crippen LogP contribution in [-0.4, -0.2) is 48.5 Å². The molecule has 0 bridgehead atoms. The van der Waals surface area contributed by atoms with Crippen LogP contribution in [-0.2, 0) is 20.9 Å². The van der Waals surface area contributed by atoms with Crippen molar-refractivity contribution < 1.29 is 33.7 Å². The van der Waals surface area contributed by atoms with Gasteiger partial charge in [-0.25, -0.2) is 4.79 Å². The summed E-state index contributed by atoms with van der Waals surface area (Å²) in [5.41, 5.74) is 1.71. The molecule has 1 aliphatic rings. The molecule has 4 rings (SSSR count). The summed E-state index contributed by atoms with van der Waals surface area (Å²) in [7, 11) is 2.83. The Morgan fingerprint density at radius 1 is 0.974 bits per heavy atom. The van der Waals surface area contributed by atoms with E-state index in [1.807, 2.05) is 6.92 Å². The second-order valence-corrected chi connectivity index (χ2v) is 8.87. The maximum absolute atomic E-state index is 13.4. The van der Waals surface area contributed by atoms with E-state index in [9.17, 15) is 19.5 Å². The second kappa shape index (κ2) is 11.4. The van der Waals surface area contributed by atoms with Crippen LogP contribution in [0.5, 0.6) is 11.5 Å². The first-order valence-corrected chi connectivity index (χ1v) is 12.2. The molecule has 38 heavy (non-hydrogen) atoms. The van der Waals surface area contributed by atoms with Crippen LogP contribution in [0, 0.1) is 0 Å². The highest BCUT2D eigenvalue weighted by atomic mass is 35.5. The lowest BCUT2D eigenvalue weighted by molar-refractivity contribution is -0.140. The van der Waals surface area contributed by atoms with Gasteiger partial charge >= 0.3 is 5.97 Å². The standard InChI is InChI=1S/C29H26ClNO7/c1-4-38-21-13-14-23(30)22(15-21)26(32)24-25(18-9-11-20(36-2)12-10-18)31(28(34)27(24)33)16-17-5-7-19(8-6-17)29(35)37-3/h5-15,25,32H,4,16H2,1-3H3/b26-24+. The van der Waals surface area contributed by atoms with Crippen molar-refractivity contribution in [1.82, 2.24) is 4.90 Å². The third-order valence-corrected chi connectivity index (χ3v) is 6.53. The van der Waals surface area contributed by atoms with Gasteiger partial charge in [0.05, 0.1) is 43.0 Å². The first-order chi connectivity index (χ1) is 18.3. The molecule has 0 spiro atoms. The Balaban J connectivity index is 1.82. The van der Waals surface area contributed by atoms with Gasteiger partial charge in [-0.15, -0.1) is 0 Å². The van der Waals surface area contributed by atoms with Crippen LogP contribution in [0.25, 0.3) is 5.76 Å². The number of amides is 1. The topological polar surface area (TPSA) is 102 Å². The molecule has 0 aromatic heterocycles. The van der Waals surface area contributed by atoms with Gasteiger partial charge in [-0.2, -0.15) is 0 Å². The van der Waals surface area contributed by atoms with Crippen LogP contribution in [0.1, 0.15) is 40.0 Å². The molecule has 196 valence electrons. The summed E-state index contributed by atoms with van der Waals surface area (Å²) in [5, 5.41) is 11.6. The molecule has 8 nitrogen and oxygen atoms in total. The summed E-state index contributed by atoms with van der Waals surface area (Å²) in [4.78, 5) is 39.9. The molecule has 1 fully saturated rings. The fraction of sp³-hybridized carbons (Fsp3) is 0.207. The molecule has 1 heterocycles. The van der Waals surface area contributed by atoms with Gasteiger partial charge < -0.3 is 24.2 Å². The molecule has 9 heteroatoms. The second-order valence-electron chi connectivity index (χ2n) is 8.46. The van der Waals surface area contributed by atoms with E-state index in [0.29, 0.717) is 34.8 Å². The SMILES string of the molecule is CCOc1ccc(Cl)c(/C(O)=C2\C(=O)C(=O)N(Cc3ccc(C(=O)OC)cc3)C2c2ccc(OC)cc2)c1. The van der Waals surface area contributed by atoms with E-state index in [2.05, 4.69) is 0 Å². The predicted molar refractivity (Wildman–Crippen MR) is 141 cm³/mol. The van der Waals surface area contributed by atoms with E-state index in [1.54, 1.807) is 60.7 Å². The third kappa shape index (κ3) is 5.21. The number of nitrogens with zero attached hydrogens (tertiary/aromatic N) is 1. The Kier molecular flexibility index (Phi) is 8.02. The van der Waals surface area contributed by atoms with E-state index in [0.717, 1.165) is 0 Å². The first kappa shape index (κ1) is 26.8. The number of Topliss-reactive ketones (excluding diaryl/α,β-unsaturated/α-hetero) is 1. The Morgan fingerprint density at radius 3 is 2.24 bits per heavy atom. The number of halogens is 1. The van der Waals surface area contributed by atoms with Crippen molar-refractivity contribution in [2.75, 3.05) is 20.8 Å². The van der Waals surface area contributed by atoms with E-state index in [1.165, 1.54) is 25.2 Å². The summed E-state index contributed by atoms with van der Waals surface area (Å²) < 4.78 is 15.5. The maximum atomic E-state index is 13.4. The Morgan fingerprint density at radius 2 is 1.63 bits per heavy atom. The fourth-order valence-corrected chi connectivity index (χ4v) is 4.53. The lowest BCUT2D eigenvalue weighted by Gasteiger charge is -2.26. The molecular weight excluding hydrogens is 510 g/mol. The molecule has 1 unspecified atom stereocenters. The molecule has 1 atom stereocenters. The van der Waals surface area contributed by atoms with Crippen LogP contribution in [0.2, 0.25) is 5.02 Å². The Bertz CT molecular complexity index is 1400. The van der Waals surface area contributed by atoms with Gasteiger partial charge in [0, 0.05) is 12.1 Å². The van der Waals surface area contributed by atoms with Gasteiger partial charge in [0.2, 0.25) is 0 Å². The van der Waals surface area contributed by atoms with Crippen LogP contribution in [0.3, 0.4) is 0 Å². The number of ether oxygens (including phenoxy) is 3. The lowest BCUT2D eigenvalue weighted by atomic mass is 9.95. The number of rotatable bonds is 8. The quantitative estimate of drug-likeness (QED) is 0.184. The average Bonchev–Trinajstić information content (AvgIpc) is 3.18. The highest BCUT2D eigenvalue weighted by molar-refractivity contribution is 6.47. The van der Waals surface area contributed by atoms with Gasteiger partial charge in [0.1, 0.15) is 17.3 Å². The van der Waals surface area contributed by atoms with Crippen molar-refractivity contribution in [3.63, 3.8) is 0 Å². The highest BCUT2D eigenvalue weighted by Crippen LogP contribution is 2.42. The first-order valence-electron chi connectivity index (χ1n) is 11.8. The van der Waals surface area contributed by atoms with Gasteiger partial charge in [0.15, 0.2) is 0 Å². The zero-order valence-corrected chi connectivity index (χ0v) is 21.8. The third-order valence-electron chi connectivity index (χ3n) is 6.20. The minimum atomic E-state index is -0.909. The van der Waals surface area contributed by atoms with Crippen molar-refractivity contribution in [3.8, 4) is 11.5 Å². The van der Waals surface area contributed by atoms with Gasteiger partial charge in [-0.05, 0) is 60.5 Å². The number of aliphatic hydroxyl groups is 1. The van der Waals surface area contributed by atoms with Crippen LogP contribution in [0.4, 0.5) is 0 Å². The molecule has 1 aliphatic heterocycles. The van der Waals surface area contributed by atoms with Crippen LogP contribution < -0.4 is 9.47 Å². The number of ketones is 1. The Labute approximate surface area is 225 Å². The number of benzene rings is 3. The van der Waals surface area contributed by atoms with Gasteiger partial charge in [-0.1, -0.05) is 35.9 Å². The molecule has 0 aliphatic carbocycles. The average molecular weight is 536 g/mol. The van der Waals surface area contributed by atoms with E-state index in [4.69, 9.17) is 25.8 Å². The van der Waals surface area contributed by atoms with Crippen LogP contribution >= 0.6 is 11.6 Å². The lowest BCUT2D eigenvalue weighted by Crippen LogP contribution is -2.29. The van der Waals surface area contributed by atoms with E-state index < -0.39 is 29.5 Å². The summed E-state index contributed by atoms with van der Waals surface area (Å²) in [6.07, 6.45) is 0. The number of esters is 1. The zero-order valence-electron chi connectivity index (χ0n) is 21.1. The predicted octanol–water partition coefficient (Wildman–Crippen LogP) is 5.16. The largest absolute Gasteiger partial charge is 0.507 e. The molecule has 1 amide bonds. The van der Waals surface area contributed by atoms with Crippen molar-refractivity contribution in [2.45, 2.75) is 19.5 Å². The minimum absolute atomic E-state index is 0.0478. The summed E-state index contributed by atoms with van der Waals surface area (Å²) >= 11 is 6.39. The highest BCUT2D eigenvalue weighted by Gasteiger charge is 2.46. The van der Waals surface area contributed by atoms with Crippen LogP contribution in [0.15, 0.2) is 72.3 Å². The molecule has 0 saturated carbocycles. The summed E-state index contributed by atoms with van der Waals surface area (Å²) in [5.74, 6) is -1.45. The van der Waals surface area contributed by atoms with Crippen molar-refractivity contribution >= 4 is 35.0 Å².